The molecule has 2 unspecified atom stereocenters. The Bertz CT molecular complexity index is 436. The number of rotatable bonds is 7. The molecule has 1 heterocycles. The largest absolute Gasteiger partial charge is 0.481 e. The smallest absolute Gasteiger partial charge is 0.315 e. The number of aliphatic carboxylic acids is 1. The van der Waals surface area contributed by atoms with Crippen LogP contribution in [0.1, 0.15) is 52.1 Å². The summed E-state index contributed by atoms with van der Waals surface area (Å²) in [6.07, 6.45) is 5.29. The Balaban J connectivity index is 3.04. The van der Waals surface area contributed by atoms with Crippen molar-refractivity contribution in [1.82, 2.24) is 4.98 Å². The minimum atomic E-state index is -1.28. The van der Waals surface area contributed by atoms with E-state index in [2.05, 4.69) is 11.9 Å². The van der Waals surface area contributed by atoms with Crippen LogP contribution < -0.4 is 0 Å². The lowest BCUT2D eigenvalue weighted by Gasteiger charge is -2.31. The minimum absolute atomic E-state index is 0.0338. The van der Waals surface area contributed by atoms with Crippen molar-refractivity contribution < 1.29 is 14.3 Å². The molecule has 19 heavy (non-hydrogen) atoms. The first-order valence-corrected chi connectivity index (χ1v) is 6.79. The monoisotopic (exact) mass is 267 g/mol. The normalized spacial score (nSPS) is 15.8. The average Bonchev–Trinajstić information content (AvgIpc) is 2.38. The van der Waals surface area contributed by atoms with Crippen LogP contribution in [0.5, 0.6) is 0 Å². The highest BCUT2D eigenvalue weighted by Crippen LogP contribution is 2.35. The fourth-order valence-corrected chi connectivity index (χ4v) is 2.30. The van der Waals surface area contributed by atoms with Gasteiger partial charge in [0.2, 0.25) is 0 Å². The van der Waals surface area contributed by atoms with E-state index in [0.29, 0.717) is 0 Å². The van der Waals surface area contributed by atoms with Gasteiger partial charge in [0.15, 0.2) is 0 Å². The molecule has 2 atom stereocenters. The Morgan fingerprint density at radius 1 is 1.53 bits per heavy atom. The maximum atomic E-state index is 13.9. The summed E-state index contributed by atoms with van der Waals surface area (Å²) in [7, 11) is 0. The molecule has 0 radical (unpaired) electrons. The Morgan fingerprint density at radius 2 is 2.21 bits per heavy atom. The van der Waals surface area contributed by atoms with Gasteiger partial charge in [-0.3, -0.25) is 9.78 Å². The van der Waals surface area contributed by atoms with Crippen molar-refractivity contribution in [2.75, 3.05) is 0 Å². The molecule has 0 saturated carbocycles. The topological polar surface area (TPSA) is 50.2 Å². The molecule has 0 aliphatic rings. The van der Waals surface area contributed by atoms with Crippen LogP contribution in [-0.4, -0.2) is 16.1 Å². The van der Waals surface area contributed by atoms with E-state index in [-0.39, 0.29) is 11.6 Å². The molecule has 4 heteroatoms. The van der Waals surface area contributed by atoms with Gasteiger partial charge in [-0.2, -0.15) is 0 Å². The van der Waals surface area contributed by atoms with E-state index >= 15 is 0 Å². The zero-order valence-corrected chi connectivity index (χ0v) is 11.8. The van der Waals surface area contributed by atoms with Crippen molar-refractivity contribution in [1.29, 1.82) is 0 Å². The van der Waals surface area contributed by atoms with Crippen molar-refractivity contribution in [3.63, 3.8) is 0 Å². The van der Waals surface area contributed by atoms with Crippen LogP contribution >= 0.6 is 0 Å². The van der Waals surface area contributed by atoms with Crippen molar-refractivity contribution in [2.24, 2.45) is 5.92 Å². The Kier molecular flexibility index (Phi) is 5.45. The molecule has 0 fully saturated rings. The zero-order valence-electron chi connectivity index (χ0n) is 11.8. The first-order chi connectivity index (χ1) is 8.94. The van der Waals surface area contributed by atoms with E-state index in [1.165, 1.54) is 18.3 Å². The van der Waals surface area contributed by atoms with Gasteiger partial charge in [-0.1, -0.05) is 33.1 Å². The van der Waals surface area contributed by atoms with Crippen LogP contribution in [0.15, 0.2) is 18.3 Å². The van der Waals surface area contributed by atoms with Gasteiger partial charge >= 0.3 is 5.97 Å². The number of hydrogen-bond acceptors (Lipinski definition) is 2. The third-order valence-corrected chi connectivity index (χ3v) is 3.92. The summed E-state index contributed by atoms with van der Waals surface area (Å²) >= 11 is 0. The highest BCUT2D eigenvalue weighted by atomic mass is 19.1. The number of carboxylic acid groups (broad SMARTS) is 1. The molecular formula is C15H22FNO2. The lowest BCUT2D eigenvalue weighted by atomic mass is 9.72. The van der Waals surface area contributed by atoms with Gasteiger partial charge in [0.05, 0.1) is 5.69 Å². The quantitative estimate of drug-likeness (QED) is 0.765. The first kappa shape index (κ1) is 15.6. The number of hydrogen-bond donors (Lipinski definition) is 1. The molecule has 0 bridgehead atoms. The average molecular weight is 267 g/mol. The highest BCUT2D eigenvalue weighted by molar-refractivity contribution is 5.80. The van der Waals surface area contributed by atoms with Gasteiger partial charge in [0.1, 0.15) is 11.2 Å². The van der Waals surface area contributed by atoms with Crippen LogP contribution in [0.4, 0.5) is 4.39 Å². The number of halogens is 1. The first-order valence-electron chi connectivity index (χ1n) is 6.79. The number of nitrogens with zero attached hydrogens (tertiary/aromatic N) is 1. The van der Waals surface area contributed by atoms with Gasteiger partial charge in [-0.15, -0.1) is 0 Å². The maximum Gasteiger partial charge on any atom is 0.315 e. The molecule has 0 aliphatic heterocycles. The van der Waals surface area contributed by atoms with Gasteiger partial charge in [-0.05, 0) is 31.4 Å². The second-order valence-corrected chi connectivity index (χ2v) is 5.24. The molecule has 0 aliphatic carbocycles. The van der Waals surface area contributed by atoms with E-state index in [1.54, 1.807) is 6.92 Å². The Hall–Kier alpha value is -1.45. The van der Waals surface area contributed by atoms with Crippen molar-refractivity contribution in [3.8, 4) is 0 Å². The van der Waals surface area contributed by atoms with Crippen molar-refractivity contribution in [2.45, 2.75) is 51.9 Å². The molecule has 106 valence electrons. The van der Waals surface area contributed by atoms with E-state index in [0.717, 1.165) is 25.7 Å². The fourth-order valence-electron chi connectivity index (χ4n) is 2.30. The van der Waals surface area contributed by atoms with Crippen molar-refractivity contribution >= 4 is 5.97 Å². The second-order valence-electron chi connectivity index (χ2n) is 5.24. The zero-order chi connectivity index (χ0) is 14.5. The van der Waals surface area contributed by atoms with Crippen LogP contribution in [0.25, 0.3) is 0 Å². The fraction of sp³-hybridized carbons (Fsp3) is 0.600. The van der Waals surface area contributed by atoms with Crippen LogP contribution in [0.2, 0.25) is 0 Å². The number of pyridine rings is 1. The summed E-state index contributed by atoms with van der Waals surface area (Å²) in [5, 5.41) is 9.53. The molecule has 0 amide bonds. The molecule has 3 nitrogen and oxygen atoms in total. The Labute approximate surface area is 113 Å². The van der Waals surface area contributed by atoms with Gasteiger partial charge in [0, 0.05) is 6.20 Å². The standard InChI is InChI=1S/C15H22FNO2/c1-4-5-6-8-11(2)15(3,14(18)19)13-12(16)9-7-10-17-13/h7,9-11H,4-6,8H2,1-3H3,(H,18,19). The van der Waals surface area contributed by atoms with Crippen LogP contribution in [-0.2, 0) is 10.2 Å². The lowest BCUT2D eigenvalue weighted by molar-refractivity contribution is -0.145. The van der Waals surface area contributed by atoms with Gasteiger partial charge in [-0.25, -0.2) is 4.39 Å². The second kappa shape index (κ2) is 6.64. The lowest BCUT2D eigenvalue weighted by Crippen LogP contribution is -2.40. The van der Waals surface area contributed by atoms with E-state index < -0.39 is 17.2 Å². The third kappa shape index (κ3) is 3.31. The van der Waals surface area contributed by atoms with Crippen LogP contribution in [0, 0.1) is 11.7 Å². The molecule has 1 aromatic rings. The number of carboxylic acids is 1. The predicted octanol–water partition coefficient (Wildman–Crippen LogP) is 3.78. The molecule has 1 N–H and O–H groups in total. The van der Waals surface area contributed by atoms with Crippen LogP contribution in [0.3, 0.4) is 0 Å². The molecular weight excluding hydrogens is 245 g/mol. The molecule has 0 saturated heterocycles. The maximum absolute atomic E-state index is 13.9. The molecule has 1 rings (SSSR count). The summed E-state index contributed by atoms with van der Waals surface area (Å²) in [6, 6.07) is 2.74. The van der Waals surface area contributed by atoms with E-state index in [1.807, 2.05) is 6.92 Å². The summed E-state index contributed by atoms with van der Waals surface area (Å²) in [5.41, 5.74) is -1.24. The van der Waals surface area contributed by atoms with Gasteiger partial charge < -0.3 is 5.11 Å². The van der Waals surface area contributed by atoms with E-state index in [4.69, 9.17) is 0 Å². The van der Waals surface area contributed by atoms with E-state index in [9.17, 15) is 14.3 Å². The number of unbranched alkanes of at least 4 members (excludes halogenated alkanes) is 2. The van der Waals surface area contributed by atoms with Crippen molar-refractivity contribution in [3.05, 3.63) is 29.8 Å². The predicted molar refractivity (Wildman–Crippen MR) is 72.5 cm³/mol. The molecule has 1 aromatic heterocycles. The Morgan fingerprint density at radius 3 is 2.74 bits per heavy atom. The summed E-state index contributed by atoms with van der Waals surface area (Å²) in [5.74, 6) is -1.73. The number of aromatic nitrogens is 1. The summed E-state index contributed by atoms with van der Waals surface area (Å²) < 4.78 is 13.9. The summed E-state index contributed by atoms with van der Waals surface area (Å²) in [4.78, 5) is 15.6. The SMILES string of the molecule is CCCCCC(C)C(C)(C(=O)O)c1ncccc1F. The third-order valence-electron chi connectivity index (χ3n) is 3.92. The highest BCUT2D eigenvalue weighted by Gasteiger charge is 2.43. The molecule has 0 spiro atoms. The summed E-state index contributed by atoms with van der Waals surface area (Å²) in [6.45, 7) is 5.52. The number of carbonyl (C=O) groups is 1. The molecule has 0 aromatic carbocycles. The minimum Gasteiger partial charge on any atom is -0.481 e. The van der Waals surface area contributed by atoms with Gasteiger partial charge in [0.25, 0.3) is 0 Å².